The normalized spacial score (nSPS) is 20.4. The molecular formula is C19H34N4O5S. The second-order valence-electron chi connectivity index (χ2n) is 7.52. The van der Waals surface area contributed by atoms with E-state index in [-0.39, 0.29) is 17.7 Å². The molecule has 1 fully saturated rings. The molecule has 0 bridgehead atoms. The first-order chi connectivity index (χ1) is 13.6. The minimum absolute atomic E-state index is 0.138. The molecule has 1 aliphatic heterocycles. The molecule has 1 aliphatic rings. The lowest BCUT2D eigenvalue weighted by atomic mass is 9.96. The summed E-state index contributed by atoms with van der Waals surface area (Å²) in [5.41, 5.74) is 5.94. The van der Waals surface area contributed by atoms with Crippen molar-refractivity contribution in [2.24, 2.45) is 11.7 Å². The van der Waals surface area contributed by atoms with Crippen LogP contribution in [0, 0.1) is 5.92 Å². The Kier molecular flexibility index (Phi) is 10.5. The summed E-state index contributed by atoms with van der Waals surface area (Å²) in [5.74, 6) is -1.73. The van der Waals surface area contributed by atoms with Gasteiger partial charge in [0.05, 0.1) is 6.04 Å². The number of likely N-dealkylation sites (tertiary alicyclic amines) is 1. The van der Waals surface area contributed by atoms with E-state index in [0.717, 1.165) is 5.75 Å². The molecule has 5 N–H and O–H groups in total. The Bertz CT molecular complexity index is 603. The Balaban J connectivity index is 2.90. The molecule has 0 aliphatic carbocycles. The molecule has 0 aromatic carbocycles. The number of nitrogens with one attached hydrogen (secondary N) is 2. The Morgan fingerprint density at radius 3 is 2.45 bits per heavy atom. The average Bonchev–Trinajstić information content (AvgIpc) is 3.18. The molecule has 1 heterocycles. The van der Waals surface area contributed by atoms with Crippen molar-refractivity contribution in [2.75, 3.05) is 18.6 Å². The van der Waals surface area contributed by atoms with E-state index in [9.17, 15) is 19.2 Å². The number of hydrogen-bond acceptors (Lipinski definition) is 6. The minimum Gasteiger partial charge on any atom is -0.480 e. The average molecular weight is 431 g/mol. The minimum atomic E-state index is -1.14. The molecule has 0 radical (unpaired) electrons. The molecule has 5 unspecified atom stereocenters. The SMILES string of the molecule is CCC(C)C(NC(=O)C(N)CCSC)C(=O)N1CCCC1C(=O)NC(C)C(=O)O. The quantitative estimate of drug-likeness (QED) is 0.366. The second kappa shape index (κ2) is 12.0. The third-order valence-electron chi connectivity index (χ3n) is 5.31. The zero-order chi connectivity index (χ0) is 22.1. The van der Waals surface area contributed by atoms with Crippen LogP contribution in [0.1, 0.15) is 46.5 Å². The maximum absolute atomic E-state index is 13.2. The predicted molar refractivity (Wildman–Crippen MR) is 112 cm³/mol. The van der Waals surface area contributed by atoms with Crippen molar-refractivity contribution in [3.63, 3.8) is 0 Å². The van der Waals surface area contributed by atoms with Crippen molar-refractivity contribution < 1.29 is 24.3 Å². The van der Waals surface area contributed by atoms with Gasteiger partial charge in [-0.3, -0.25) is 19.2 Å². The molecule has 0 aromatic rings. The largest absolute Gasteiger partial charge is 0.480 e. The number of carbonyl (C=O) groups excluding carboxylic acids is 3. The van der Waals surface area contributed by atoms with Gasteiger partial charge in [0.1, 0.15) is 18.1 Å². The van der Waals surface area contributed by atoms with E-state index in [1.807, 2.05) is 20.1 Å². The van der Waals surface area contributed by atoms with E-state index in [0.29, 0.717) is 32.2 Å². The van der Waals surface area contributed by atoms with Crippen LogP contribution in [0.4, 0.5) is 0 Å². The fraction of sp³-hybridized carbons (Fsp3) is 0.789. The second-order valence-corrected chi connectivity index (χ2v) is 8.50. The summed E-state index contributed by atoms with van der Waals surface area (Å²) in [4.78, 5) is 50.7. The van der Waals surface area contributed by atoms with Crippen LogP contribution in [0.3, 0.4) is 0 Å². The monoisotopic (exact) mass is 430 g/mol. The van der Waals surface area contributed by atoms with Gasteiger partial charge in [0, 0.05) is 6.54 Å². The van der Waals surface area contributed by atoms with Crippen molar-refractivity contribution in [3.8, 4) is 0 Å². The first-order valence-electron chi connectivity index (χ1n) is 10.0. The molecule has 1 rings (SSSR count). The first kappa shape index (κ1) is 25.2. The van der Waals surface area contributed by atoms with Gasteiger partial charge in [-0.2, -0.15) is 11.8 Å². The smallest absolute Gasteiger partial charge is 0.325 e. The standard InChI is InChI=1S/C19H34N4O5S/c1-5-11(2)15(22-16(24)13(20)8-10-29-4)18(26)23-9-6-7-14(23)17(25)21-12(3)19(27)28/h11-15H,5-10,20H2,1-4H3,(H,21,25)(H,22,24)(H,27,28). The van der Waals surface area contributed by atoms with E-state index in [1.165, 1.54) is 11.8 Å². The van der Waals surface area contributed by atoms with Crippen molar-refractivity contribution in [1.82, 2.24) is 15.5 Å². The van der Waals surface area contributed by atoms with Crippen LogP contribution in [0.25, 0.3) is 0 Å². The summed E-state index contributed by atoms with van der Waals surface area (Å²) in [6, 6.07) is -3.26. The van der Waals surface area contributed by atoms with Crippen LogP contribution in [0.5, 0.6) is 0 Å². The zero-order valence-corrected chi connectivity index (χ0v) is 18.5. The highest BCUT2D eigenvalue weighted by Crippen LogP contribution is 2.21. The predicted octanol–water partition coefficient (Wildman–Crippen LogP) is 0.178. The van der Waals surface area contributed by atoms with Crippen LogP contribution < -0.4 is 16.4 Å². The first-order valence-corrected chi connectivity index (χ1v) is 11.4. The van der Waals surface area contributed by atoms with E-state index in [2.05, 4.69) is 10.6 Å². The summed E-state index contributed by atoms with van der Waals surface area (Å²) in [5, 5.41) is 14.2. The van der Waals surface area contributed by atoms with Crippen LogP contribution in [0.2, 0.25) is 0 Å². The van der Waals surface area contributed by atoms with Gasteiger partial charge in [0.2, 0.25) is 17.7 Å². The molecule has 0 saturated carbocycles. The van der Waals surface area contributed by atoms with E-state index in [4.69, 9.17) is 10.8 Å². The molecular weight excluding hydrogens is 396 g/mol. The third-order valence-corrected chi connectivity index (χ3v) is 5.96. The van der Waals surface area contributed by atoms with Gasteiger partial charge in [0.25, 0.3) is 0 Å². The van der Waals surface area contributed by atoms with Gasteiger partial charge >= 0.3 is 5.97 Å². The van der Waals surface area contributed by atoms with Crippen molar-refractivity contribution >= 4 is 35.5 Å². The maximum atomic E-state index is 13.2. The number of thioether (sulfide) groups is 1. The van der Waals surface area contributed by atoms with Crippen LogP contribution in [-0.4, -0.2) is 76.4 Å². The summed E-state index contributed by atoms with van der Waals surface area (Å²) < 4.78 is 0. The Hall–Kier alpha value is -1.81. The fourth-order valence-corrected chi connectivity index (χ4v) is 3.66. The molecule has 1 saturated heterocycles. The maximum Gasteiger partial charge on any atom is 0.325 e. The van der Waals surface area contributed by atoms with Crippen molar-refractivity contribution in [3.05, 3.63) is 0 Å². The Labute approximate surface area is 176 Å². The van der Waals surface area contributed by atoms with E-state index >= 15 is 0 Å². The third kappa shape index (κ3) is 7.18. The summed E-state index contributed by atoms with van der Waals surface area (Å²) in [6.07, 6.45) is 4.20. The number of carbonyl (C=O) groups is 4. The number of carboxylic acids is 1. The van der Waals surface area contributed by atoms with Gasteiger partial charge in [-0.1, -0.05) is 20.3 Å². The lowest BCUT2D eigenvalue weighted by molar-refractivity contribution is -0.145. The lowest BCUT2D eigenvalue weighted by Gasteiger charge is -2.32. The van der Waals surface area contributed by atoms with Crippen molar-refractivity contribution in [1.29, 1.82) is 0 Å². The van der Waals surface area contributed by atoms with Gasteiger partial charge in [-0.15, -0.1) is 0 Å². The van der Waals surface area contributed by atoms with Crippen LogP contribution in [-0.2, 0) is 19.2 Å². The molecule has 10 heteroatoms. The number of hydrogen-bond donors (Lipinski definition) is 4. The number of amides is 3. The highest BCUT2D eigenvalue weighted by atomic mass is 32.2. The topological polar surface area (TPSA) is 142 Å². The van der Waals surface area contributed by atoms with E-state index in [1.54, 1.807) is 11.8 Å². The highest BCUT2D eigenvalue weighted by molar-refractivity contribution is 7.98. The molecule has 5 atom stereocenters. The number of aliphatic carboxylic acids is 1. The highest BCUT2D eigenvalue weighted by Gasteiger charge is 2.40. The van der Waals surface area contributed by atoms with E-state index < -0.39 is 36.0 Å². The zero-order valence-electron chi connectivity index (χ0n) is 17.6. The molecule has 0 aromatic heterocycles. The van der Waals surface area contributed by atoms with Gasteiger partial charge in [0.15, 0.2) is 0 Å². The number of carboxylic acid groups (broad SMARTS) is 1. The fourth-order valence-electron chi connectivity index (χ4n) is 3.17. The molecule has 0 spiro atoms. The summed E-state index contributed by atoms with van der Waals surface area (Å²) in [7, 11) is 0. The summed E-state index contributed by atoms with van der Waals surface area (Å²) >= 11 is 1.59. The van der Waals surface area contributed by atoms with Gasteiger partial charge in [-0.05, 0) is 44.1 Å². The summed E-state index contributed by atoms with van der Waals surface area (Å²) in [6.45, 7) is 5.56. The molecule has 3 amide bonds. The van der Waals surface area contributed by atoms with Crippen LogP contribution >= 0.6 is 11.8 Å². The Morgan fingerprint density at radius 1 is 1.24 bits per heavy atom. The van der Waals surface area contributed by atoms with Crippen LogP contribution in [0.15, 0.2) is 0 Å². The lowest BCUT2D eigenvalue weighted by Crippen LogP contribution is -2.58. The number of rotatable bonds is 11. The van der Waals surface area contributed by atoms with Crippen molar-refractivity contribution in [2.45, 2.75) is 70.6 Å². The molecule has 29 heavy (non-hydrogen) atoms. The molecule has 9 nitrogen and oxygen atoms in total. The number of nitrogens with zero attached hydrogens (tertiary/aromatic N) is 1. The van der Waals surface area contributed by atoms with Gasteiger partial charge in [-0.25, -0.2) is 0 Å². The van der Waals surface area contributed by atoms with Gasteiger partial charge < -0.3 is 26.4 Å². The Morgan fingerprint density at radius 2 is 1.90 bits per heavy atom. The molecule has 166 valence electrons. The number of nitrogens with two attached hydrogens (primary N) is 1.